The van der Waals surface area contributed by atoms with E-state index in [4.69, 9.17) is 5.14 Å². The number of sulfonamides is 2. The Morgan fingerprint density at radius 1 is 0.966 bits per heavy atom. The first kappa shape index (κ1) is 21.2. The van der Waals surface area contributed by atoms with Gasteiger partial charge in [0.2, 0.25) is 20.0 Å². The van der Waals surface area contributed by atoms with Gasteiger partial charge in [0.15, 0.2) is 0 Å². The lowest BCUT2D eigenvalue weighted by Gasteiger charge is -2.16. The number of hydrogen-bond donors (Lipinski definition) is 2. The molecule has 0 aliphatic heterocycles. The third kappa shape index (κ3) is 4.73. The van der Waals surface area contributed by atoms with Crippen molar-refractivity contribution in [2.75, 3.05) is 0 Å². The summed E-state index contributed by atoms with van der Waals surface area (Å²) in [5, 5.41) is 9.51. The van der Waals surface area contributed by atoms with E-state index in [9.17, 15) is 16.8 Å². The summed E-state index contributed by atoms with van der Waals surface area (Å²) in [5.74, 6) is 0. The molecule has 0 aliphatic rings. The Hall–Kier alpha value is -2.53. The van der Waals surface area contributed by atoms with E-state index < -0.39 is 26.1 Å². The van der Waals surface area contributed by atoms with Gasteiger partial charge in [-0.2, -0.15) is 5.10 Å². The summed E-state index contributed by atoms with van der Waals surface area (Å²) in [6.07, 6.45) is 0. The maximum absolute atomic E-state index is 12.7. The monoisotopic (exact) mass is 434 g/mol. The number of aryl methyl sites for hydroxylation is 2. The molecule has 3 aromatic rings. The molecule has 0 aliphatic carbocycles. The number of benzene rings is 2. The predicted octanol–water partition coefficient (Wildman–Crippen LogP) is 2.18. The quantitative estimate of drug-likeness (QED) is 0.615. The van der Waals surface area contributed by atoms with Gasteiger partial charge in [0.1, 0.15) is 0 Å². The Bertz CT molecular complexity index is 1250. The molecule has 1 atom stereocenters. The molecular formula is C19H22N4O4S2. The average molecular weight is 435 g/mol. The summed E-state index contributed by atoms with van der Waals surface area (Å²) in [5.41, 5.74) is 3.53. The van der Waals surface area contributed by atoms with Crippen LogP contribution in [0.5, 0.6) is 0 Å². The maximum Gasteiger partial charge on any atom is 0.241 e. The fraction of sp³-hybridized carbons (Fsp3) is 0.211. The number of nitrogens with two attached hydrogens (primary N) is 1. The van der Waals surface area contributed by atoms with Gasteiger partial charge in [-0.1, -0.05) is 18.2 Å². The van der Waals surface area contributed by atoms with Crippen LogP contribution in [-0.2, 0) is 20.0 Å². The minimum absolute atomic E-state index is 0.171. The first-order valence-corrected chi connectivity index (χ1v) is 11.8. The van der Waals surface area contributed by atoms with Gasteiger partial charge >= 0.3 is 0 Å². The van der Waals surface area contributed by atoms with Gasteiger partial charge in [-0.25, -0.2) is 31.4 Å². The molecular weight excluding hydrogens is 412 g/mol. The molecule has 0 saturated carbocycles. The topological polar surface area (TPSA) is 124 Å². The molecule has 1 unspecified atom stereocenters. The largest absolute Gasteiger partial charge is 0.241 e. The molecule has 0 bridgehead atoms. The zero-order valence-corrected chi connectivity index (χ0v) is 17.8. The van der Waals surface area contributed by atoms with E-state index in [2.05, 4.69) is 9.82 Å². The fourth-order valence-electron chi connectivity index (χ4n) is 2.98. The van der Waals surface area contributed by atoms with Crippen LogP contribution in [-0.4, -0.2) is 26.6 Å². The van der Waals surface area contributed by atoms with Crippen LogP contribution in [0.2, 0.25) is 0 Å². The van der Waals surface area contributed by atoms with Gasteiger partial charge in [-0.3, -0.25) is 0 Å². The summed E-state index contributed by atoms with van der Waals surface area (Å²) in [6.45, 7) is 5.58. The lowest BCUT2D eigenvalue weighted by molar-refractivity contribution is 0.566. The van der Waals surface area contributed by atoms with Crippen LogP contribution < -0.4 is 9.86 Å². The number of aromatic nitrogens is 2. The van der Waals surface area contributed by atoms with Crippen LogP contribution in [0.15, 0.2) is 64.4 Å². The molecule has 29 heavy (non-hydrogen) atoms. The minimum atomic E-state index is -4.00. The van der Waals surface area contributed by atoms with Crippen LogP contribution in [0.25, 0.3) is 5.69 Å². The Labute approximate surface area is 170 Å². The molecule has 1 heterocycles. The zero-order valence-electron chi connectivity index (χ0n) is 16.2. The van der Waals surface area contributed by atoms with Crippen molar-refractivity contribution in [1.29, 1.82) is 0 Å². The molecule has 0 spiro atoms. The van der Waals surface area contributed by atoms with E-state index in [0.29, 0.717) is 0 Å². The molecule has 0 fully saturated rings. The highest BCUT2D eigenvalue weighted by Gasteiger charge is 2.20. The van der Waals surface area contributed by atoms with Crippen LogP contribution in [0, 0.1) is 13.8 Å². The molecule has 3 rings (SSSR count). The third-order valence-corrected chi connectivity index (χ3v) is 6.87. The second-order valence-corrected chi connectivity index (χ2v) is 10.1. The summed E-state index contributed by atoms with van der Waals surface area (Å²) in [7, 11) is -7.94. The van der Waals surface area contributed by atoms with E-state index in [1.54, 1.807) is 6.92 Å². The first-order chi connectivity index (χ1) is 13.5. The molecule has 0 saturated heterocycles. The minimum Gasteiger partial charge on any atom is -0.238 e. The summed E-state index contributed by atoms with van der Waals surface area (Å²) in [6, 6.07) is 13.7. The molecule has 154 valence electrons. The summed E-state index contributed by atoms with van der Waals surface area (Å²) in [4.78, 5) is -0.433. The number of primary sulfonamides is 1. The van der Waals surface area contributed by atoms with Gasteiger partial charge in [-0.15, -0.1) is 0 Å². The highest BCUT2D eigenvalue weighted by Crippen LogP contribution is 2.21. The van der Waals surface area contributed by atoms with Crippen LogP contribution >= 0.6 is 0 Å². The van der Waals surface area contributed by atoms with Crippen molar-refractivity contribution in [3.05, 3.63) is 71.5 Å². The van der Waals surface area contributed by atoms with Crippen molar-refractivity contribution in [3.8, 4) is 5.69 Å². The number of nitrogens with zero attached hydrogens (tertiary/aromatic N) is 2. The van der Waals surface area contributed by atoms with E-state index in [1.807, 2.05) is 48.9 Å². The Balaban J connectivity index is 1.82. The van der Waals surface area contributed by atoms with Crippen molar-refractivity contribution < 1.29 is 16.8 Å². The number of nitrogens with one attached hydrogen (secondary N) is 1. The van der Waals surface area contributed by atoms with E-state index >= 15 is 0 Å². The third-order valence-electron chi connectivity index (χ3n) is 4.42. The Morgan fingerprint density at radius 3 is 2.14 bits per heavy atom. The Morgan fingerprint density at radius 2 is 1.59 bits per heavy atom. The summed E-state index contributed by atoms with van der Waals surface area (Å²) < 4.78 is 52.7. The van der Waals surface area contributed by atoms with E-state index in [-0.39, 0.29) is 9.79 Å². The molecule has 2 aromatic carbocycles. The normalized spacial score (nSPS) is 13.4. The van der Waals surface area contributed by atoms with Crippen LogP contribution in [0.3, 0.4) is 0 Å². The smallest absolute Gasteiger partial charge is 0.238 e. The first-order valence-electron chi connectivity index (χ1n) is 8.76. The Kier molecular flexibility index (Phi) is 5.63. The molecule has 3 N–H and O–H groups in total. The second kappa shape index (κ2) is 7.71. The maximum atomic E-state index is 12.7. The van der Waals surface area contributed by atoms with Crippen LogP contribution in [0.1, 0.15) is 29.9 Å². The zero-order chi connectivity index (χ0) is 21.4. The highest BCUT2D eigenvalue weighted by atomic mass is 32.2. The average Bonchev–Trinajstić information content (AvgIpc) is 2.99. The highest BCUT2D eigenvalue weighted by molar-refractivity contribution is 7.90. The van der Waals surface area contributed by atoms with E-state index in [0.717, 1.165) is 28.7 Å². The molecule has 0 amide bonds. The lowest BCUT2D eigenvalue weighted by atomic mass is 10.1. The fourth-order valence-corrected chi connectivity index (χ4v) is 4.89. The number of rotatable bonds is 6. The van der Waals surface area contributed by atoms with Crippen molar-refractivity contribution in [2.45, 2.75) is 36.6 Å². The van der Waals surface area contributed by atoms with E-state index in [1.165, 1.54) is 18.2 Å². The summed E-state index contributed by atoms with van der Waals surface area (Å²) >= 11 is 0. The lowest BCUT2D eigenvalue weighted by Crippen LogP contribution is -2.27. The molecule has 0 radical (unpaired) electrons. The predicted molar refractivity (Wildman–Crippen MR) is 110 cm³/mol. The number of hydrogen-bond acceptors (Lipinski definition) is 5. The SMILES string of the molecule is Cc1cc(C)n(-c2ccc(C(C)NS(=O)(=O)c3cccc(S(N)(=O)=O)c3)cc2)n1. The van der Waals surface area contributed by atoms with Crippen LogP contribution in [0.4, 0.5) is 0 Å². The molecule has 8 nitrogen and oxygen atoms in total. The van der Waals surface area contributed by atoms with Gasteiger partial charge in [0, 0.05) is 11.7 Å². The van der Waals surface area contributed by atoms with Gasteiger partial charge in [-0.05, 0) is 62.7 Å². The van der Waals surface area contributed by atoms with Crippen molar-refractivity contribution in [3.63, 3.8) is 0 Å². The van der Waals surface area contributed by atoms with Crippen molar-refractivity contribution >= 4 is 20.0 Å². The molecule has 1 aromatic heterocycles. The standard InChI is InChI=1S/C19H22N4O4S2/c1-13-11-14(2)23(21-13)17-9-7-16(8-10-17)15(3)22-29(26,27)19-6-4-5-18(12-19)28(20,24)25/h4-12,15,22H,1-3H3,(H2,20,24,25). The molecule has 10 heteroatoms. The van der Waals surface area contributed by atoms with Gasteiger partial charge in [0.05, 0.1) is 21.2 Å². The van der Waals surface area contributed by atoms with Gasteiger partial charge < -0.3 is 0 Å². The van der Waals surface area contributed by atoms with Crippen molar-refractivity contribution in [2.24, 2.45) is 5.14 Å². The van der Waals surface area contributed by atoms with Gasteiger partial charge in [0.25, 0.3) is 0 Å². The second-order valence-electron chi connectivity index (χ2n) is 6.79. The van der Waals surface area contributed by atoms with Crippen molar-refractivity contribution in [1.82, 2.24) is 14.5 Å².